The Balaban J connectivity index is 1.23. The largest absolute Gasteiger partial charge is 0.372 e. The average molecular weight is 530 g/mol. The smallest absolute Gasteiger partial charge is 0.254 e. The zero-order valence-electron chi connectivity index (χ0n) is 23.3. The van der Waals surface area contributed by atoms with Crippen molar-refractivity contribution in [1.82, 2.24) is 9.55 Å². The van der Waals surface area contributed by atoms with Crippen molar-refractivity contribution in [3.63, 3.8) is 0 Å². The van der Waals surface area contributed by atoms with Gasteiger partial charge >= 0.3 is 0 Å². The first-order chi connectivity index (χ1) is 19.5. The first-order valence-electron chi connectivity index (χ1n) is 15.2. The van der Waals surface area contributed by atoms with Crippen molar-refractivity contribution in [2.45, 2.75) is 77.2 Å². The first-order valence-corrected chi connectivity index (χ1v) is 15.2. The van der Waals surface area contributed by atoms with Crippen LogP contribution >= 0.6 is 0 Å². The molecule has 5 heteroatoms. The third-order valence-electron chi connectivity index (χ3n) is 10.1. The van der Waals surface area contributed by atoms with Crippen LogP contribution in [0.2, 0.25) is 0 Å². The number of anilines is 1. The van der Waals surface area contributed by atoms with E-state index in [1.165, 1.54) is 58.2 Å². The lowest BCUT2D eigenvalue weighted by atomic mass is 9.83. The van der Waals surface area contributed by atoms with E-state index in [-0.39, 0.29) is 17.3 Å². The van der Waals surface area contributed by atoms with Gasteiger partial charge in [0.25, 0.3) is 5.56 Å². The summed E-state index contributed by atoms with van der Waals surface area (Å²) >= 11 is 0. The highest BCUT2D eigenvalue weighted by atomic mass is 16.1. The highest BCUT2D eigenvalue weighted by Crippen LogP contribution is 2.40. The molecule has 0 spiro atoms. The van der Waals surface area contributed by atoms with Gasteiger partial charge in [0.1, 0.15) is 5.78 Å². The molecular formula is C35H35N3O2. The Morgan fingerprint density at radius 3 is 2.42 bits per heavy atom. The van der Waals surface area contributed by atoms with Crippen molar-refractivity contribution >= 4 is 22.4 Å². The van der Waals surface area contributed by atoms with Crippen LogP contribution in [0.1, 0.15) is 77.5 Å². The zero-order valence-corrected chi connectivity index (χ0v) is 23.3. The quantitative estimate of drug-likeness (QED) is 0.290. The van der Waals surface area contributed by atoms with Crippen LogP contribution in [-0.2, 0) is 43.4 Å². The summed E-state index contributed by atoms with van der Waals surface area (Å²) in [6.45, 7) is 4.84. The molecule has 0 saturated carbocycles. The van der Waals surface area contributed by atoms with Crippen LogP contribution in [0.25, 0.3) is 22.3 Å². The molecular weight excluding hydrogens is 494 g/mol. The van der Waals surface area contributed by atoms with E-state index in [4.69, 9.17) is 4.98 Å². The molecule has 2 aromatic heterocycles. The molecule has 8 rings (SSSR count). The number of Topliss-reactive ketones (excluding diaryl/α,β-unsaturated/α-hetero) is 1. The number of benzene rings is 2. The Kier molecular flexibility index (Phi) is 5.51. The minimum atomic E-state index is -0.224. The molecule has 5 nitrogen and oxygen atoms in total. The Bertz CT molecular complexity index is 1760. The number of aromatic nitrogens is 2. The lowest BCUT2D eigenvalue weighted by molar-refractivity contribution is -0.120. The van der Waals surface area contributed by atoms with E-state index in [9.17, 15) is 9.59 Å². The molecule has 1 unspecified atom stereocenters. The van der Waals surface area contributed by atoms with Gasteiger partial charge in [-0.05, 0) is 110 Å². The van der Waals surface area contributed by atoms with Crippen molar-refractivity contribution in [3.05, 3.63) is 91.8 Å². The summed E-state index contributed by atoms with van der Waals surface area (Å²) < 4.78 is 1.93. The SMILES string of the molecule is CC1C(=O)CCc2c1cc1n(c2=O)Cc2c-1nc1cc3c(cc1c2CCc1ccc(N2CCCC2)cc1)CCC3. The van der Waals surface area contributed by atoms with Crippen LogP contribution in [0, 0.1) is 0 Å². The van der Waals surface area contributed by atoms with Crippen molar-refractivity contribution in [3.8, 4) is 11.4 Å². The second-order valence-electron chi connectivity index (χ2n) is 12.3. The van der Waals surface area contributed by atoms with Crippen LogP contribution in [0.5, 0.6) is 0 Å². The van der Waals surface area contributed by atoms with Gasteiger partial charge in [0, 0.05) is 47.6 Å². The minimum absolute atomic E-state index is 0.0693. The van der Waals surface area contributed by atoms with Crippen molar-refractivity contribution in [2.24, 2.45) is 0 Å². The van der Waals surface area contributed by atoms with Crippen LogP contribution in [0.15, 0.2) is 47.3 Å². The molecule has 0 radical (unpaired) electrons. The molecule has 2 aliphatic heterocycles. The summed E-state index contributed by atoms with van der Waals surface area (Å²) in [5.41, 5.74) is 12.8. The van der Waals surface area contributed by atoms with Gasteiger partial charge < -0.3 is 9.47 Å². The van der Waals surface area contributed by atoms with Gasteiger partial charge in [-0.3, -0.25) is 9.59 Å². The van der Waals surface area contributed by atoms with Crippen LogP contribution in [0.4, 0.5) is 5.69 Å². The van der Waals surface area contributed by atoms with Crippen LogP contribution in [0.3, 0.4) is 0 Å². The summed E-state index contributed by atoms with van der Waals surface area (Å²) in [6.07, 6.45) is 8.92. The van der Waals surface area contributed by atoms with E-state index in [0.717, 1.165) is 66.8 Å². The summed E-state index contributed by atoms with van der Waals surface area (Å²) in [5.74, 6) is 0.00618. The second kappa shape index (κ2) is 9.15. The number of hydrogen-bond acceptors (Lipinski definition) is 4. The highest BCUT2D eigenvalue weighted by Gasteiger charge is 2.33. The minimum Gasteiger partial charge on any atom is -0.372 e. The first kappa shape index (κ1) is 24.1. The molecule has 0 bridgehead atoms. The third kappa shape index (κ3) is 3.70. The third-order valence-corrected chi connectivity index (χ3v) is 10.1. The predicted molar refractivity (Wildman–Crippen MR) is 160 cm³/mol. The summed E-state index contributed by atoms with van der Waals surface area (Å²) in [7, 11) is 0. The van der Waals surface area contributed by atoms with Gasteiger partial charge in [0.2, 0.25) is 0 Å². The van der Waals surface area contributed by atoms with E-state index in [1.807, 2.05) is 11.5 Å². The maximum atomic E-state index is 13.7. The molecule has 1 fully saturated rings. The molecule has 1 saturated heterocycles. The Labute approximate surface area is 234 Å². The number of nitrogens with zero attached hydrogens (tertiary/aromatic N) is 3. The van der Waals surface area contributed by atoms with E-state index in [1.54, 1.807) is 0 Å². The predicted octanol–water partition coefficient (Wildman–Crippen LogP) is 5.92. The molecule has 40 heavy (non-hydrogen) atoms. The van der Waals surface area contributed by atoms with E-state index in [2.05, 4.69) is 47.4 Å². The molecule has 2 aliphatic carbocycles. The van der Waals surface area contributed by atoms with Crippen molar-refractivity contribution < 1.29 is 4.79 Å². The molecule has 202 valence electrons. The number of carbonyl (C=O) groups is 1. The number of ketones is 1. The van der Waals surface area contributed by atoms with Gasteiger partial charge in [0.15, 0.2) is 0 Å². The summed E-state index contributed by atoms with van der Waals surface area (Å²) in [6, 6.07) is 16.0. The Morgan fingerprint density at radius 2 is 1.62 bits per heavy atom. The Hall–Kier alpha value is -3.73. The molecule has 2 aromatic carbocycles. The normalized spacial score (nSPS) is 19.2. The fourth-order valence-corrected chi connectivity index (χ4v) is 7.72. The van der Waals surface area contributed by atoms with Crippen LogP contribution in [-0.4, -0.2) is 28.4 Å². The van der Waals surface area contributed by atoms with Crippen molar-refractivity contribution in [2.75, 3.05) is 18.0 Å². The molecule has 0 amide bonds. The molecule has 0 N–H and O–H groups in total. The van der Waals surface area contributed by atoms with Gasteiger partial charge in [-0.1, -0.05) is 19.1 Å². The van der Waals surface area contributed by atoms with Gasteiger partial charge in [0.05, 0.1) is 23.4 Å². The average Bonchev–Trinajstić information content (AvgIpc) is 3.73. The van der Waals surface area contributed by atoms with E-state index in [0.29, 0.717) is 19.4 Å². The van der Waals surface area contributed by atoms with Gasteiger partial charge in [-0.2, -0.15) is 0 Å². The Morgan fingerprint density at radius 1 is 0.850 bits per heavy atom. The van der Waals surface area contributed by atoms with Gasteiger partial charge in [-0.15, -0.1) is 0 Å². The lowest BCUT2D eigenvalue weighted by Gasteiger charge is -2.22. The standard InChI is InChI=1S/C35H35N3O2/c1-21-28-19-32-34-30(20-38(32)35(40)27(28)13-14-33(21)39)26(29-17-23-5-4-6-24(23)18-31(29)36-34)12-9-22-7-10-25(11-8-22)37-15-2-3-16-37/h7-8,10-11,17-19,21H,2-6,9,12-16,20H2,1H3. The highest BCUT2D eigenvalue weighted by molar-refractivity contribution is 5.91. The molecule has 4 aliphatic rings. The van der Waals surface area contributed by atoms with Crippen LogP contribution < -0.4 is 10.5 Å². The topological polar surface area (TPSA) is 55.2 Å². The van der Waals surface area contributed by atoms with E-state index >= 15 is 0 Å². The fourth-order valence-electron chi connectivity index (χ4n) is 7.72. The maximum Gasteiger partial charge on any atom is 0.254 e. The second-order valence-corrected chi connectivity index (χ2v) is 12.3. The van der Waals surface area contributed by atoms with E-state index < -0.39 is 0 Å². The maximum absolute atomic E-state index is 13.7. The lowest BCUT2D eigenvalue weighted by Crippen LogP contribution is -2.30. The number of pyridine rings is 2. The van der Waals surface area contributed by atoms with Crippen molar-refractivity contribution in [1.29, 1.82) is 0 Å². The van der Waals surface area contributed by atoms with Gasteiger partial charge in [-0.25, -0.2) is 4.98 Å². The molecule has 4 heterocycles. The number of aryl methyl sites for hydroxylation is 4. The number of fused-ring (bicyclic) bond motifs is 6. The summed E-state index contributed by atoms with van der Waals surface area (Å²) in [5, 5.41) is 1.25. The monoisotopic (exact) mass is 529 g/mol. The number of hydrogen-bond donors (Lipinski definition) is 0. The molecule has 4 aromatic rings. The number of carbonyl (C=O) groups excluding carboxylic acids is 1. The molecule has 1 atom stereocenters. The number of rotatable bonds is 4. The fraction of sp³-hybridized carbons (Fsp3) is 0.400. The zero-order chi connectivity index (χ0) is 27.0. The summed E-state index contributed by atoms with van der Waals surface area (Å²) in [4.78, 5) is 34.0.